The van der Waals surface area contributed by atoms with Crippen LogP contribution in [0.15, 0.2) is 24.3 Å². The number of ether oxygens (including phenoxy) is 2. The number of hydrogen-bond acceptors (Lipinski definition) is 5. The Kier molecular flexibility index (Phi) is 7.36. The molecule has 2 N–H and O–H groups in total. The van der Waals surface area contributed by atoms with Gasteiger partial charge in [0.15, 0.2) is 0 Å². The van der Waals surface area contributed by atoms with Gasteiger partial charge in [-0.05, 0) is 38.1 Å². The standard InChI is InChI=1S/C18H27N3O4/c1-13-11-21(12-14(2)25-13)18(23)15-4-6-16(7-5-15)20-17(22)10-19-8-9-24-3/h4-7,13-14,19H,8-12H2,1-3H3,(H,20,22). The molecule has 0 saturated carbocycles. The normalized spacial score (nSPS) is 20.4. The van der Waals surface area contributed by atoms with E-state index in [0.717, 1.165) is 0 Å². The first-order chi connectivity index (χ1) is 12.0. The van der Waals surface area contributed by atoms with Gasteiger partial charge in [-0.15, -0.1) is 0 Å². The Balaban J connectivity index is 1.86. The van der Waals surface area contributed by atoms with Crippen molar-refractivity contribution in [2.45, 2.75) is 26.1 Å². The van der Waals surface area contributed by atoms with Crippen LogP contribution in [0.1, 0.15) is 24.2 Å². The molecule has 1 heterocycles. The summed E-state index contributed by atoms with van der Waals surface area (Å²) in [5.41, 5.74) is 1.27. The van der Waals surface area contributed by atoms with Crippen LogP contribution in [0.2, 0.25) is 0 Å². The Hall–Kier alpha value is -1.96. The van der Waals surface area contributed by atoms with Crippen LogP contribution in [-0.4, -0.2) is 68.8 Å². The molecule has 0 radical (unpaired) electrons. The number of rotatable bonds is 7. The number of morpholine rings is 1. The van der Waals surface area contributed by atoms with E-state index in [1.54, 1.807) is 31.4 Å². The van der Waals surface area contributed by atoms with Gasteiger partial charge in [-0.25, -0.2) is 0 Å². The minimum absolute atomic E-state index is 0.0129. The van der Waals surface area contributed by atoms with E-state index < -0.39 is 0 Å². The summed E-state index contributed by atoms with van der Waals surface area (Å²) in [7, 11) is 1.61. The van der Waals surface area contributed by atoms with Crippen LogP contribution in [-0.2, 0) is 14.3 Å². The van der Waals surface area contributed by atoms with Crippen LogP contribution in [0.5, 0.6) is 0 Å². The Morgan fingerprint density at radius 2 is 1.84 bits per heavy atom. The van der Waals surface area contributed by atoms with Crippen molar-refractivity contribution >= 4 is 17.5 Å². The van der Waals surface area contributed by atoms with Crippen LogP contribution in [0.25, 0.3) is 0 Å². The molecule has 2 unspecified atom stereocenters. The van der Waals surface area contributed by atoms with E-state index in [1.807, 2.05) is 18.7 Å². The van der Waals surface area contributed by atoms with Crippen molar-refractivity contribution in [1.82, 2.24) is 10.2 Å². The summed E-state index contributed by atoms with van der Waals surface area (Å²) in [5.74, 6) is -0.146. The van der Waals surface area contributed by atoms with E-state index in [0.29, 0.717) is 37.5 Å². The second-order valence-electron chi connectivity index (χ2n) is 6.26. The number of nitrogens with zero attached hydrogens (tertiary/aromatic N) is 1. The number of carbonyl (C=O) groups excluding carboxylic acids is 2. The molecule has 7 nitrogen and oxygen atoms in total. The topological polar surface area (TPSA) is 79.9 Å². The molecule has 1 saturated heterocycles. The predicted molar refractivity (Wildman–Crippen MR) is 95.7 cm³/mol. The highest BCUT2D eigenvalue weighted by atomic mass is 16.5. The molecule has 138 valence electrons. The SMILES string of the molecule is COCCNCC(=O)Nc1ccc(C(=O)N2CC(C)OC(C)C2)cc1. The molecule has 0 spiro atoms. The highest BCUT2D eigenvalue weighted by Crippen LogP contribution is 2.16. The van der Waals surface area contributed by atoms with E-state index in [2.05, 4.69) is 10.6 Å². The average Bonchev–Trinajstić information content (AvgIpc) is 2.58. The third kappa shape index (κ3) is 6.12. The number of nitrogens with one attached hydrogen (secondary N) is 2. The lowest BCUT2D eigenvalue weighted by atomic mass is 10.1. The second-order valence-corrected chi connectivity index (χ2v) is 6.26. The molecule has 1 aliphatic heterocycles. The van der Waals surface area contributed by atoms with Crippen molar-refractivity contribution in [3.8, 4) is 0 Å². The number of amides is 2. The van der Waals surface area contributed by atoms with E-state index in [1.165, 1.54) is 0 Å². The van der Waals surface area contributed by atoms with Gasteiger partial charge in [-0.3, -0.25) is 9.59 Å². The van der Waals surface area contributed by atoms with Crippen LogP contribution in [0.4, 0.5) is 5.69 Å². The predicted octanol–water partition coefficient (Wildman–Crippen LogP) is 1.11. The Labute approximate surface area is 148 Å². The highest BCUT2D eigenvalue weighted by Gasteiger charge is 2.26. The molecule has 0 aromatic heterocycles. The van der Waals surface area contributed by atoms with Gasteiger partial charge in [0.2, 0.25) is 5.91 Å². The van der Waals surface area contributed by atoms with Crippen molar-refractivity contribution in [2.75, 3.05) is 45.2 Å². The fourth-order valence-corrected chi connectivity index (χ4v) is 2.80. The van der Waals surface area contributed by atoms with Crippen LogP contribution in [0.3, 0.4) is 0 Å². The van der Waals surface area contributed by atoms with Crippen LogP contribution in [0, 0.1) is 0 Å². The zero-order valence-electron chi connectivity index (χ0n) is 15.1. The molecule has 0 aliphatic carbocycles. The van der Waals surface area contributed by atoms with Crippen molar-refractivity contribution in [2.24, 2.45) is 0 Å². The van der Waals surface area contributed by atoms with Crippen molar-refractivity contribution in [3.05, 3.63) is 29.8 Å². The number of hydrogen-bond donors (Lipinski definition) is 2. The van der Waals surface area contributed by atoms with Crippen LogP contribution >= 0.6 is 0 Å². The fourth-order valence-electron chi connectivity index (χ4n) is 2.80. The van der Waals surface area contributed by atoms with E-state index in [4.69, 9.17) is 9.47 Å². The van der Waals surface area contributed by atoms with Gasteiger partial charge in [0.05, 0.1) is 25.4 Å². The molecule has 7 heteroatoms. The quantitative estimate of drug-likeness (QED) is 0.721. The van der Waals surface area contributed by atoms with Crippen molar-refractivity contribution in [3.63, 3.8) is 0 Å². The number of benzene rings is 1. The lowest BCUT2D eigenvalue weighted by Gasteiger charge is -2.35. The highest BCUT2D eigenvalue weighted by molar-refractivity contribution is 5.96. The summed E-state index contributed by atoms with van der Waals surface area (Å²) in [6.07, 6.45) is 0.0775. The summed E-state index contributed by atoms with van der Waals surface area (Å²) in [6.45, 7) is 6.51. The zero-order valence-corrected chi connectivity index (χ0v) is 15.1. The monoisotopic (exact) mass is 349 g/mol. The fraction of sp³-hybridized carbons (Fsp3) is 0.556. The Morgan fingerprint density at radius 3 is 2.44 bits per heavy atom. The Bertz CT molecular complexity index is 566. The maximum absolute atomic E-state index is 12.6. The molecule has 25 heavy (non-hydrogen) atoms. The van der Waals surface area contributed by atoms with Gasteiger partial charge in [-0.2, -0.15) is 0 Å². The van der Waals surface area contributed by atoms with Gasteiger partial charge in [-0.1, -0.05) is 0 Å². The minimum atomic E-state index is -0.133. The lowest BCUT2D eigenvalue weighted by molar-refractivity contribution is -0.115. The first-order valence-electron chi connectivity index (χ1n) is 8.54. The first kappa shape index (κ1) is 19.4. The average molecular weight is 349 g/mol. The Morgan fingerprint density at radius 1 is 1.20 bits per heavy atom. The lowest BCUT2D eigenvalue weighted by Crippen LogP contribution is -2.48. The summed E-state index contributed by atoms with van der Waals surface area (Å²) in [5, 5.41) is 5.77. The van der Waals surface area contributed by atoms with E-state index in [9.17, 15) is 9.59 Å². The molecular formula is C18H27N3O4. The number of anilines is 1. The molecule has 1 aliphatic rings. The van der Waals surface area contributed by atoms with Gasteiger partial charge in [0.1, 0.15) is 0 Å². The molecule has 0 bridgehead atoms. The summed E-state index contributed by atoms with van der Waals surface area (Å²) < 4.78 is 10.6. The maximum Gasteiger partial charge on any atom is 0.254 e. The van der Waals surface area contributed by atoms with Crippen molar-refractivity contribution < 1.29 is 19.1 Å². The first-order valence-corrected chi connectivity index (χ1v) is 8.54. The zero-order chi connectivity index (χ0) is 18.2. The van der Waals surface area contributed by atoms with Gasteiger partial charge < -0.3 is 25.0 Å². The third-order valence-corrected chi connectivity index (χ3v) is 3.89. The molecule has 1 aromatic carbocycles. The molecular weight excluding hydrogens is 322 g/mol. The van der Waals surface area contributed by atoms with Gasteiger partial charge in [0.25, 0.3) is 5.91 Å². The second kappa shape index (κ2) is 9.50. The molecule has 2 rings (SSSR count). The molecule has 1 aromatic rings. The third-order valence-electron chi connectivity index (χ3n) is 3.89. The molecule has 2 amide bonds. The van der Waals surface area contributed by atoms with Crippen LogP contribution < -0.4 is 10.6 Å². The minimum Gasteiger partial charge on any atom is -0.383 e. The number of methoxy groups -OCH3 is 1. The van der Waals surface area contributed by atoms with E-state index in [-0.39, 0.29) is 30.6 Å². The van der Waals surface area contributed by atoms with Gasteiger partial charge >= 0.3 is 0 Å². The maximum atomic E-state index is 12.6. The molecule has 2 atom stereocenters. The van der Waals surface area contributed by atoms with Gasteiger partial charge in [0, 0.05) is 38.0 Å². The van der Waals surface area contributed by atoms with Crippen molar-refractivity contribution in [1.29, 1.82) is 0 Å². The van der Waals surface area contributed by atoms with E-state index >= 15 is 0 Å². The summed E-state index contributed by atoms with van der Waals surface area (Å²) in [6, 6.07) is 6.96. The summed E-state index contributed by atoms with van der Waals surface area (Å²) >= 11 is 0. The molecule has 1 fully saturated rings. The summed E-state index contributed by atoms with van der Waals surface area (Å²) in [4.78, 5) is 26.2. The smallest absolute Gasteiger partial charge is 0.254 e. The largest absolute Gasteiger partial charge is 0.383 e. The number of carbonyl (C=O) groups is 2.